The van der Waals surface area contributed by atoms with E-state index in [-0.39, 0.29) is 0 Å². The average molecular weight is 228 g/mol. The van der Waals surface area contributed by atoms with Gasteiger partial charge in [0.25, 0.3) is 0 Å². The standard InChI is InChI=1S/C11H12N6/c12-9-10-3-6-14-16-11(10)13-4-1-7-17-8-2-5-15-17/h2-3,5-6,8H,1,4,7H2,(H,13,16). The van der Waals surface area contributed by atoms with E-state index < -0.39 is 0 Å². The lowest BCUT2D eigenvalue weighted by atomic mass is 10.3. The van der Waals surface area contributed by atoms with Gasteiger partial charge in [0.2, 0.25) is 0 Å². The van der Waals surface area contributed by atoms with Crippen LogP contribution in [0.15, 0.2) is 30.7 Å². The molecule has 0 aromatic carbocycles. The molecule has 0 saturated heterocycles. The Kier molecular flexibility index (Phi) is 3.65. The topological polar surface area (TPSA) is 79.4 Å². The largest absolute Gasteiger partial charge is 0.367 e. The SMILES string of the molecule is N#Cc1ccnnc1NCCCn1cccn1. The van der Waals surface area contributed by atoms with E-state index in [9.17, 15) is 0 Å². The second-order valence-electron chi connectivity index (χ2n) is 3.45. The minimum Gasteiger partial charge on any atom is -0.367 e. The summed E-state index contributed by atoms with van der Waals surface area (Å²) >= 11 is 0. The molecule has 1 N–H and O–H groups in total. The molecule has 6 heteroatoms. The summed E-state index contributed by atoms with van der Waals surface area (Å²) in [6.07, 6.45) is 6.09. The van der Waals surface area contributed by atoms with Gasteiger partial charge in [-0.2, -0.15) is 15.5 Å². The molecule has 2 heterocycles. The van der Waals surface area contributed by atoms with Gasteiger partial charge in [0.05, 0.1) is 11.8 Å². The maximum atomic E-state index is 8.85. The van der Waals surface area contributed by atoms with Crippen molar-refractivity contribution in [1.29, 1.82) is 5.26 Å². The predicted molar refractivity (Wildman–Crippen MR) is 62.1 cm³/mol. The molecule has 0 atom stereocenters. The Balaban J connectivity index is 1.80. The van der Waals surface area contributed by atoms with Gasteiger partial charge in [-0.05, 0) is 18.6 Å². The fraction of sp³-hybridized carbons (Fsp3) is 0.273. The van der Waals surface area contributed by atoms with E-state index >= 15 is 0 Å². The molecule has 6 nitrogen and oxygen atoms in total. The third-order valence-corrected chi connectivity index (χ3v) is 2.26. The highest BCUT2D eigenvalue weighted by Crippen LogP contribution is 2.07. The molecule has 0 bridgehead atoms. The summed E-state index contributed by atoms with van der Waals surface area (Å²) in [7, 11) is 0. The molecular weight excluding hydrogens is 216 g/mol. The molecule has 17 heavy (non-hydrogen) atoms. The minimum absolute atomic E-state index is 0.513. The average Bonchev–Trinajstić information content (AvgIpc) is 2.88. The molecule has 86 valence electrons. The Hall–Kier alpha value is -2.42. The van der Waals surface area contributed by atoms with E-state index in [0.29, 0.717) is 11.4 Å². The second kappa shape index (κ2) is 5.61. The maximum absolute atomic E-state index is 8.85. The molecule has 0 aliphatic rings. The zero-order valence-electron chi connectivity index (χ0n) is 9.24. The summed E-state index contributed by atoms with van der Waals surface area (Å²) in [5.41, 5.74) is 0.513. The van der Waals surface area contributed by atoms with Crippen molar-refractivity contribution in [1.82, 2.24) is 20.0 Å². The number of anilines is 1. The minimum atomic E-state index is 0.513. The third kappa shape index (κ3) is 3.01. The fourth-order valence-electron chi connectivity index (χ4n) is 1.43. The van der Waals surface area contributed by atoms with Crippen molar-refractivity contribution in [2.45, 2.75) is 13.0 Å². The highest BCUT2D eigenvalue weighted by molar-refractivity contribution is 5.49. The fourth-order valence-corrected chi connectivity index (χ4v) is 1.43. The molecular formula is C11H12N6. The van der Waals surface area contributed by atoms with Crippen LogP contribution in [0.25, 0.3) is 0 Å². The van der Waals surface area contributed by atoms with Gasteiger partial charge in [0.1, 0.15) is 6.07 Å². The molecule has 2 aromatic rings. The molecule has 0 fully saturated rings. The van der Waals surface area contributed by atoms with E-state index in [0.717, 1.165) is 19.5 Å². The number of aryl methyl sites for hydroxylation is 1. The lowest BCUT2D eigenvalue weighted by Gasteiger charge is -2.05. The van der Waals surface area contributed by atoms with Gasteiger partial charge in [-0.1, -0.05) is 0 Å². The second-order valence-corrected chi connectivity index (χ2v) is 3.45. The van der Waals surface area contributed by atoms with Crippen molar-refractivity contribution in [3.8, 4) is 6.07 Å². The number of hydrogen-bond acceptors (Lipinski definition) is 5. The molecule has 0 spiro atoms. The van der Waals surface area contributed by atoms with Gasteiger partial charge in [-0.15, -0.1) is 5.10 Å². The Bertz CT molecular complexity index is 499. The van der Waals surface area contributed by atoms with Gasteiger partial charge >= 0.3 is 0 Å². The molecule has 2 rings (SSSR count). The van der Waals surface area contributed by atoms with Crippen LogP contribution in [-0.2, 0) is 6.54 Å². The summed E-state index contributed by atoms with van der Waals surface area (Å²) < 4.78 is 1.86. The van der Waals surface area contributed by atoms with Crippen LogP contribution in [0.4, 0.5) is 5.82 Å². The molecule has 0 aliphatic heterocycles. The summed E-state index contributed by atoms with van der Waals surface area (Å²) in [5, 5.41) is 23.7. The van der Waals surface area contributed by atoms with Crippen molar-refractivity contribution >= 4 is 5.82 Å². The highest BCUT2D eigenvalue weighted by atomic mass is 15.3. The Morgan fingerprint density at radius 3 is 3.12 bits per heavy atom. The van der Waals surface area contributed by atoms with Crippen molar-refractivity contribution in [2.75, 3.05) is 11.9 Å². The van der Waals surface area contributed by atoms with Gasteiger partial charge in [0.15, 0.2) is 5.82 Å². The van der Waals surface area contributed by atoms with E-state index in [1.54, 1.807) is 12.3 Å². The first-order valence-corrected chi connectivity index (χ1v) is 5.33. The zero-order valence-corrected chi connectivity index (χ0v) is 9.24. The quantitative estimate of drug-likeness (QED) is 0.774. The third-order valence-electron chi connectivity index (χ3n) is 2.26. The Labute approximate surface area is 98.9 Å². The van der Waals surface area contributed by atoms with Crippen LogP contribution in [0.5, 0.6) is 0 Å². The number of aromatic nitrogens is 4. The summed E-state index contributed by atoms with van der Waals surface area (Å²) in [6.45, 7) is 1.56. The van der Waals surface area contributed by atoms with Crippen molar-refractivity contribution < 1.29 is 0 Å². The number of rotatable bonds is 5. The Morgan fingerprint density at radius 2 is 2.35 bits per heavy atom. The molecule has 0 unspecified atom stereocenters. The highest BCUT2D eigenvalue weighted by Gasteiger charge is 2.01. The number of nitriles is 1. The van der Waals surface area contributed by atoms with Crippen LogP contribution in [0.3, 0.4) is 0 Å². The molecule has 2 aromatic heterocycles. The first-order chi connectivity index (χ1) is 8.40. The van der Waals surface area contributed by atoms with Crippen LogP contribution in [0.1, 0.15) is 12.0 Å². The lowest BCUT2D eigenvalue weighted by molar-refractivity contribution is 0.591. The van der Waals surface area contributed by atoms with Crippen LogP contribution in [0, 0.1) is 11.3 Å². The van der Waals surface area contributed by atoms with E-state index in [1.807, 2.05) is 16.9 Å². The predicted octanol–water partition coefficient (Wildman–Crippen LogP) is 1.05. The summed E-state index contributed by atoms with van der Waals surface area (Å²) in [5.74, 6) is 0.537. The number of hydrogen-bond donors (Lipinski definition) is 1. The van der Waals surface area contributed by atoms with E-state index in [2.05, 4.69) is 26.7 Å². The van der Waals surface area contributed by atoms with E-state index in [4.69, 9.17) is 5.26 Å². The Morgan fingerprint density at radius 1 is 1.41 bits per heavy atom. The monoisotopic (exact) mass is 228 g/mol. The van der Waals surface area contributed by atoms with Gasteiger partial charge < -0.3 is 5.32 Å². The molecule has 0 saturated carbocycles. The molecule has 0 radical (unpaired) electrons. The lowest BCUT2D eigenvalue weighted by Crippen LogP contribution is -2.09. The van der Waals surface area contributed by atoms with Crippen LogP contribution in [0.2, 0.25) is 0 Å². The molecule has 0 amide bonds. The zero-order chi connectivity index (χ0) is 11.9. The van der Waals surface area contributed by atoms with E-state index in [1.165, 1.54) is 6.20 Å². The number of nitrogens with zero attached hydrogens (tertiary/aromatic N) is 5. The first-order valence-electron chi connectivity index (χ1n) is 5.33. The first kappa shape index (κ1) is 11.1. The smallest absolute Gasteiger partial charge is 0.166 e. The van der Waals surface area contributed by atoms with Crippen molar-refractivity contribution in [2.24, 2.45) is 0 Å². The molecule has 0 aliphatic carbocycles. The maximum Gasteiger partial charge on any atom is 0.166 e. The van der Waals surface area contributed by atoms with Crippen molar-refractivity contribution in [3.63, 3.8) is 0 Å². The van der Waals surface area contributed by atoms with Crippen LogP contribution >= 0.6 is 0 Å². The normalized spacial score (nSPS) is 9.82. The number of nitrogens with one attached hydrogen (secondary N) is 1. The summed E-state index contributed by atoms with van der Waals surface area (Å²) in [6, 6.07) is 5.60. The van der Waals surface area contributed by atoms with Gasteiger partial charge in [-0.3, -0.25) is 4.68 Å². The van der Waals surface area contributed by atoms with Crippen LogP contribution < -0.4 is 5.32 Å². The van der Waals surface area contributed by atoms with Gasteiger partial charge in [-0.25, -0.2) is 0 Å². The van der Waals surface area contributed by atoms with Gasteiger partial charge in [0, 0.05) is 25.5 Å². The van der Waals surface area contributed by atoms with Crippen LogP contribution in [-0.4, -0.2) is 26.5 Å². The summed E-state index contributed by atoms with van der Waals surface area (Å²) in [4.78, 5) is 0. The van der Waals surface area contributed by atoms with Crippen molar-refractivity contribution in [3.05, 3.63) is 36.3 Å².